The van der Waals surface area contributed by atoms with E-state index in [1.54, 1.807) is 11.3 Å². The minimum Gasteiger partial charge on any atom is -0.312 e. The second-order valence-electron chi connectivity index (χ2n) is 4.63. The largest absolute Gasteiger partial charge is 0.312 e. The predicted octanol–water partition coefficient (Wildman–Crippen LogP) is 3.80. The second-order valence-corrected chi connectivity index (χ2v) is 5.55. The van der Waals surface area contributed by atoms with Crippen LogP contribution in [-0.4, -0.2) is 12.0 Å². The number of benzene rings is 2. The number of nitrogens with zero attached hydrogens (tertiary/aromatic N) is 1. The summed E-state index contributed by atoms with van der Waals surface area (Å²) in [6.45, 7) is 0. The highest BCUT2D eigenvalue weighted by Gasteiger charge is 2.11. The molecule has 1 aromatic heterocycles. The molecule has 19 heavy (non-hydrogen) atoms. The van der Waals surface area contributed by atoms with E-state index in [0.29, 0.717) is 6.04 Å². The molecule has 0 amide bonds. The van der Waals surface area contributed by atoms with E-state index in [2.05, 4.69) is 52.8 Å². The third-order valence-corrected chi connectivity index (χ3v) is 4.29. The highest BCUT2D eigenvalue weighted by molar-refractivity contribution is 7.09. The fourth-order valence-corrected chi connectivity index (χ4v) is 3.07. The summed E-state index contributed by atoms with van der Waals surface area (Å²) >= 11 is 1.70. The average Bonchev–Trinajstić information content (AvgIpc) is 2.98. The predicted molar refractivity (Wildman–Crippen MR) is 81.6 cm³/mol. The maximum atomic E-state index is 4.16. The van der Waals surface area contributed by atoms with E-state index in [1.165, 1.54) is 21.2 Å². The van der Waals surface area contributed by atoms with Crippen molar-refractivity contribution in [3.63, 3.8) is 0 Å². The van der Waals surface area contributed by atoms with Crippen molar-refractivity contribution >= 4 is 22.1 Å². The first-order chi connectivity index (χ1) is 9.36. The zero-order chi connectivity index (χ0) is 13.1. The molecule has 0 fully saturated rings. The topological polar surface area (TPSA) is 24.9 Å². The van der Waals surface area contributed by atoms with E-state index in [0.717, 1.165) is 6.42 Å². The van der Waals surface area contributed by atoms with Gasteiger partial charge in [-0.2, -0.15) is 0 Å². The van der Waals surface area contributed by atoms with Crippen molar-refractivity contribution in [3.8, 4) is 0 Å². The van der Waals surface area contributed by atoms with Crippen LogP contribution in [-0.2, 0) is 6.42 Å². The number of nitrogens with one attached hydrogen (secondary N) is 1. The molecule has 1 atom stereocenters. The van der Waals surface area contributed by atoms with Gasteiger partial charge in [0.2, 0.25) is 0 Å². The molecule has 0 saturated carbocycles. The van der Waals surface area contributed by atoms with Gasteiger partial charge < -0.3 is 5.32 Å². The summed E-state index contributed by atoms with van der Waals surface area (Å²) in [6.07, 6.45) is 2.94. The maximum absolute atomic E-state index is 4.16. The Hall–Kier alpha value is -1.71. The molecular formula is C16H16N2S. The molecule has 96 valence electrons. The molecule has 0 aliphatic rings. The van der Waals surface area contributed by atoms with Gasteiger partial charge in [0.05, 0.1) is 5.51 Å². The van der Waals surface area contributed by atoms with E-state index in [-0.39, 0.29) is 0 Å². The van der Waals surface area contributed by atoms with E-state index >= 15 is 0 Å². The Kier molecular flexibility index (Phi) is 3.58. The Labute approximate surface area is 117 Å². The van der Waals surface area contributed by atoms with Crippen molar-refractivity contribution < 1.29 is 0 Å². The quantitative estimate of drug-likeness (QED) is 0.778. The molecule has 2 nitrogen and oxygen atoms in total. The van der Waals surface area contributed by atoms with Crippen LogP contribution in [0, 0.1) is 0 Å². The van der Waals surface area contributed by atoms with Gasteiger partial charge in [0.15, 0.2) is 0 Å². The number of rotatable bonds is 4. The minimum absolute atomic E-state index is 0.341. The van der Waals surface area contributed by atoms with Crippen molar-refractivity contribution in [2.75, 3.05) is 7.05 Å². The number of aromatic nitrogens is 1. The number of thiazole rings is 1. The molecular weight excluding hydrogens is 252 g/mol. The van der Waals surface area contributed by atoms with E-state index in [9.17, 15) is 0 Å². The van der Waals surface area contributed by atoms with Crippen LogP contribution in [0.4, 0.5) is 0 Å². The standard InChI is InChI=1S/C16H16N2S/c1-17-15(16-10-18-11-19-16)9-12-6-7-13-4-2-3-5-14(13)8-12/h2-8,10-11,15,17H,9H2,1H3. The van der Waals surface area contributed by atoms with Crippen molar-refractivity contribution in [2.45, 2.75) is 12.5 Å². The van der Waals surface area contributed by atoms with Crippen molar-refractivity contribution in [2.24, 2.45) is 0 Å². The Morgan fingerprint density at radius 1 is 1.16 bits per heavy atom. The Balaban J connectivity index is 1.88. The van der Waals surface area contributed by atoms with E-state index < -0.39 is 0 Å². The molecule has 3 heteroatoms. The van der Waals surface area contributed by atoms with Crippen LogP contribution in [0.25, 0.3) is 10.8 Å². The van der Waals surface area contributed by atoms with Crippen LogP contribution in [0.15, 0.2) is 54.2 Å². The van der Waals surface area contributed by atoms with Crippen LogP contribution >= 0.6 is 11.3 Å². The summed E-state index contributed by atoms with van der Waals surface area (Å²) in [7, 11) is 2.01. The molecule has 1 heterocycles. The lowest BCUT2D eigenvalue weighted by molar-refractivity contribution is 0.601. The fourth-order valence-electron chi connectivity index (χ4n) is 2.34. The maximum Gasteiger partial charge on any atom is 0.0794 e. The molecule has 0 radical (unpaired) electrons. The van der Waals surface area contributed by atoms with Gasteiger partial charge in [0.25, 0.3) is 0 Å². The summed E-state index contributed by atoms with van der Waals surface area (Å²) in [5.74, 6) is 0. The Morgan fingerprint density at radius 3 is 2.74 bits per heavy atom. The fraction of sp³-hybridized carbons (Fsp3) is 0.188. The molecule has 1 N–H and O–H groups in total. The summed E-state index contributed by atoms with van der Waals surface area (Å²) in [4.78, 5) is 5.45. The van der Waals surface area contributed by atoms with Gasteiger partial charge in [0.1, 0.15) is 0 Å². The zero-order valence-corrected chi connectivity index (χ0v) is 11.7. The van der Waals surface area contributed by atoms with Gasteiger partial charge in [-0.1, -0.05) is 42.5 Å². The molecule has 0 spiro atoms. The lowest BCUT2D eigenvalue weighted by atomic mass is 10.0. The van der Waals surface area contributed by atoms with Crippen molar-refractivity contribution in [1.82, 2.24) is 10.3 Å². The van der Waals surface area contributed by atoms with Crippen molar-refractivity contribution in [3.05, 3.63) is 64.6 Å². The first kappa shape index (κ1) is 12.3. The Bertz CT molecular complexity index is 661. The number of hydrogen-bond donors (Lipinski definition) is 1. The Morgan fingerprint density at radius 2 is 2.00 bits per heavy atom. The average molecular weight is 268 g/mol. The highest BCUT2D eigenvalue weighted by Crippen LogP contribution is 2.23. The van der Waals surface area contributed by atoms with Gasteiger partial charge in [-0.05, 0) is 29.8 Å². The first-order valence-electron chi connectivity index (χ1n) is 6.40. The number of fused-ring (bicyclic) bond motifs is 1. The normalized spacial score (nSPS) is 12.7. The summed E-state index contributed by atoms with van der Waals surface area (Å²) in [5, 5.41) is 5.97. The van der Waals surface area contributed by atoms with E-state index in [4.69, 9.17) is 0 Å². The lowest BCUT2D eigenvalue weighted by Gasteiger charge is -2.14. The van der Waals surface area contributed by atoms with Gasteiger partial charge >= 0.3 is 0 Å². The minimum atomic E-state index is 0.341. The third-order valence-electron chi connectivity index (χ3n) is 3.40. The molecule has 0 aliphatic carbocycles. The summed E-state index contributed by atoms with van der Waals surface area (Å²) < 4.78 is 0. The summed E-state index contributed by atoms with van der Waals surface area (Å²) in [6, 6.07) is 15.5. The molecule has 0 bridgehead atoms. The van der Waals surface area contributed by atoms with Crippen LogP contribution in [0.5, 0.6) is 0 Å². The molecule has 0 saturated heterocycles. The van der Waals surface area contributed by atoms with Crippen LogP contribution in [0.2, 0.25) is 0 Å². The monoisotopic (exact) mass is 268 g/mol. The van der Waals surface area contributed by atoms with Gasteiger partial charge in [-0.3, -0.25) is 4.98 Å². The summed E-state index contributed by atoms with van der Waals surface area (Å²) in [5.41, 5.74) is 3.24. The molecule has 3 rings (SSSR count). The SMILES string of the molecule is CNC(Cc1ccc2ccccc2c1)c1cncs1. The highest BCUT2D eigenvalue weighted by atomic mass is 32.1. The van der Waals surface area contributed by atoms with E-state index in [1.807, 2.05) is 18.8 Å². The van der Waals surface area contributed by atoms with Gasteiger partial charge in [-0.15, -0.1) is 11.3 Å². The van der Waals surface area contributed by atoms with Crippen LogP contribution in [0.3, 0.4) is 0 Å². The van der Waals surface area contributed by atoms with Crippen LogP contribution in [0.1, 0.15) is 16.5 Å². The van der Waals surface area contributed by atoms with Gasteiger partial charge in [-0.25, -0.2) is 0 Å². The smallest absolute Gasteiger partial charge is 0.0794 e. The number of hydrogen-bond acceptors (Lipinski definition) is 3. The molecule has 0 aliphatic heterocycles. The molecule has 1 unspecified atom stereocenters. The molecule has 2 aromatic carbocycles. The van der Waals surface area contributed by atoms with Gasteiger partial charge in [0, 0.05) is 17.1 Å². The number of likely N-dealkylation sites (N-methyl/N-ethyl adjacent to an activating group) is 1. The third kappa shape index (κ3) is 2.67. The second kappa shape index (κ2) is 5.51. The molecule has 3 aromatic rings. The van der Waals surface area contributed by atoms with Crippen LogP contribution < -0.4 is 5.32 Å². The first-order valence-corrected chi connectivity index (χ1v) is 7.28. The van der Waals surface area contributed by atoms with Crippen molar-refractivity contribution in [1.29, 1.82) is 0 Å². The lowest BCUT2D eigenvalue weighted by Crippen LogP contribution is -2.17. The zero-order valence-electron chi connectivity index (χ0n) is 10.8.